The van der Waals surface area contributed by atoms with Crippen molar-refractivity contribution in [1.82, 2.24) is 10.2 Å². The van der Waals surface area contributed by atoms with Crippen molar-refractivity contribution >= 4 is 34.5 Å². The number of amidine groups is 1. The highest BCUT2D eigenvalue weighted by atomic mass is 32.2. The molecule has 0 fully saturated rings. The quantitative estimate of drug-likeness (QED) is 0.401. The Balaban J connectivity index is 2.14. The Morgan fingerprint density at radius 2 is 2.13 bits per heavy atom. The lowest BCUT2D eigenvalue weighted by molar-refractivity contribution is -0.384. The molecule has 0 saturated heterocycles. The van der Waals surface area contributed by atoms with E-state index < -0.39 is 16.9 Å². The lowest BCUT2D eigenvalue weighted by Crippen LogP contribution is -2.38. The van der Waals surface area contributed by atoms with Crippen molar-refractivity contribution in [3.63, 3.8) is 0 Å². The van der Waals surface area contributed by atoms with Crippen LogP contribution >= 0.6 is 11.8 Å². The maximum atomic E-state index is 12.7. The van der Waals surface area contributed by atoms with Crippen molar-refractivity contribution in [3.8, 4) is 0 Å². The molecule has 0 saturated carbocycles. The molecule has 1 N–H and O–H groups in total. The fraction of sp³-hybridized carbons (Fsp3) is 0.350. The lowest BCUT2D eigenvalue weighted by atomic mass is 9.92. The van der Waals surface area contributed by atoms with Crippen LogP contribution in [0.5, 0.6) is 0 Å². The number of methoxy groups -OCH3 is 1. The van der Waals surface area contributed by atoms with E-state index in [-0.39, 0.29) is 18.0 Å². The summed E-state index contributed by atoms with van der Waals surface area (Å²) >= 11 is 1.36. The van der Waals surface area contributed by atoms with E-state index in [1.165, 1.54) is 31.0 Å². The molecule has 0 radical (unpaired) electrons. The minimum Gasteiger partial charge on any atom is -0.466 e. The van der Waals surface area contributed by atoms with Gasteiger partial charge in [-0.1, -0.05) is 30.8 Å². The van der Waals surface area contributed by atoms with Crippen LogP contribution < -0.4 is 5.32 Å². The number of thioether (sulfide) groups is 1. The highest BCUT2D eigenvalue weighted by Gasteiger charge is 2.41. The third-order valence-corrected chi connectivity index (χ3v) is 5.63. The van der Waals surface area contributed by atoms with Gasteiger partial charge in [0.15, 0.2) is 5.17 Å². The van der Waals surface area contributed by atoms with Crippen LogP contribution in [0, 0.1) is 10.1 Å². The number of hydrogen-bond acceptors (Lipinski definition) is 8. The van der Waals surface area contributed by atoms with E-state index in [1.807, 2.05) is 19.3 Å². The summed E-state index contributed by atoms with van der Waals surface area (Å²) in [6, 6.07) is 5.46. The summed E-state index contributed by atoms with van der Waals surface area (Å²) in [5.41, 5.74) is 2.00. The molecule has 158 valence electrons. The first kappa shape index (κ1) is 21.6. The Hall–Kier alpha value is -3.14. The number of esters is 1. The standard InChI is InChI=1S/C20H22N4O5S/c1-4-15-17(19(26)29-3)18(12-7-6-8-13(9-12)24(27)28)23-14(10-16(25)21-5-2)11-30-20(23)22-15/h6-9,11,18H,4-5,10H2,1-3H3,(H,21,25). The number of amides is 1. The fourth-order valence-corrected chi connectivity index (χ4v) is 4.40. The van der Waals surface area contributed by atoms with Crippen molar-refractivity contribution in [3.05, 3.63) is 62.3 Å². The zero-order valence-corrected chi connectivity index (χ0v) is 17.7. The van der Waals surface area contributed by atoms with Crippen LogP contribution in [-0.4, -0.2) is 40.5 Å². The largest absolute Gasteiger partial charge is 0.466 e. The Labute approximate surface area is 178 Å². The van der Waals surface area contributed by atoms with Crippen molar-refractivity contribution < 1.29 is 19.2 Å². The van der Waals surface area contributed by atoms with Crippen LogP contribution in [0.15, 0.2) is 51.6 Å². The molecular weight excluding hydrogens is 408 g/mol. The number of nitrogens with one attached hydrogen (secondary N) is 1. The van der Waals surface area contributed by atoms with Gasteiger partial charge in [-0.25, -0.2) is 9.79 Å². The summed E-state index contributed by atoms with van der Waals surface area (Å²) in [4.78, 5) is 42.2. The molecule has 1 aromatic carbocycles. The zero-order chi connectivity index (χ0) is 21.8. The number of nitro benzene ring substituents is 1. The van der Waals surface area contributed by atoms with Crippen molar-refractivity contribution in [1.29, 1.82) is 0 Å². The highest BCUT2D eigenvalue weighted by molar-refractivity contribution is 8.16. The summed E-state index contributed by atoms with van der Waals surface area (Å²) in [6.45, 7) is 4.22. The van der Waals surface area contributed by atoms with E-state index in [4.69, 9.17) is 4.74 Å². The van der Waals surface area contributed by atoms with E-state index in [2.05, 4.69) is 10.3 Å². The van der Waals surface area contributed by atoms with E-state index in [0.717, 1.165) is 0 Å². The number of nitrogens with zero attached hydrogens (tertiary/aromatic N) is 3. The summed E-state index contributed by atoms with van der Waals surface area (Å²) < 4.78 is 5.02. The van der Waals surface area contributed by atoms with Crippen LogP contribution in [0.3, 0.4) is 0 Å². The first-order valence-electron chi connectivity index (χ1n) is 9.47. The third kappa shape index (κ3) is 4.09. The molecule has 0 spiro atoms. The van der Waals surface area contributed by atoms with Crippen molar-refractivity contribution in [2.45, 2.75) is 32.7 Å². The molecule has 1 atom stereocenters. The predicted octanol–water partition coefficient (Wildman–Crippen LogP) is 3.26. The monoisotopic (exact) mass is 430 g/mol. The summed E-state index contributed by atoms with van der Waals surface area (Å²) in [6.07, 6.45) is 0.584. The van der Waals surface area contributed by atoms with E-state index >= 15 is 0 Å². The Morgan fingerprint density at radius 1 is 1.37 bits per heavy atom. The number of aliphatic imine (C=N–C) groups is 1. The number of carbonyl (C=O) groups is 2. The van der Waals surface area contributed by atoms with Gasteiger partial charge >= 0.3 is 5.97 Å². The van der Waals surface area contributed by atoms with E-state index in [0.29, 0.717) is 40.7 Å². The number of nitro groups is 1. The van der Waals surface area contributed by atoms with Gasteiger partial charge in [-0.05, 0) is 24.3 Å². The number of carbonyl (C=O) groups excluding carboxylic acids is 2. The van der Waals surface area contributed by atoms with Gasteiger partial charge in [0.1, 0.15) is 0 Å². The van der Waals surface area contributed by atoms with Crippen LogP contribution in [-0.2, 0) is 14.3 Å². The van der Waals surface area contributed by atoms with Crippen molar-refractivity contribution in [2.24, 2.45) is 4.99 Å². The smallest absolute Gasteiger partial charge is 0.338 e. The Bertz CT molecular complexity index is 985. The van der Waals surface area contributed by atoms with Crippen molar-refractivity contribution in [2.75, 3.05) is 13.7 Å². The van der Waals surface area contributed by atoms with Gasteiger partial charge in [0.05, 0.1) is 35.8 Å². The third-order valence-electron chi connectivity index (χ3n) is 4.74. The molecule has 10 heteroatoms. The number of ether oxygens (including phenoxy) is 1. The second-order valence-corrected chi connectivity index (χ2v) is 7.42. The molecule has 2 aliphatic rings. The molecule has 2 heterocycles. The molecule has 1 unspecified atom stereocenters. The summed E-state index contributed by atoms with van der Waals surface area (Å²) in [5.74, 6) is -0.714. The predicted molar refractivity (Wildman–Crippen MR) is 113 cm³/mol. The zero-order valence-electron chi connectivity index (χ0n) is 16.9. The maximum Gasteiger partial charge on any atom is 0.338 e. The molecule has 0 aromatic heterocycles. The minimum absolute atomic E-state index is 0.0834. The Kier molecular flexibility index (Phi) is 6.56. The van der Waals surface area contributed by atoms with Gasteiger partial charge in [0.25, 0.3) is 5.69 Å². The second-order valence-electron chi connectivity index (χ2n) is 6.58. The lowest BCUT2D eigenvalue weighted by Gasteiger charge is -2.36. The van der Waals surface area contributed by atoms with E-state index in [1.54, 1.807) is 17.0 Å². The molecule has 2 aliphatic heterocycles. The fourth-order valence-electron chi connectivity index (χ4n) is 3.46. The van der Waals surface area contributed by atoms with Crippen LogP contribution in [0.1, 0.15) is 38.3 Å². The van der Waals surface area contributed by atoms with Gasteiger partial charge in [0.2, 0.25) is 5.91 Å². The molecule has 0 aliphatic carbocycles. The first-order chi connectivity index (χ1) is 14.4. The molecule has 3 rings (SSSR count). The number of allylic oxidation sites excluding steroid dienone is 1. The second kappa shape index (κ2) is 9.12. The highest BCUT2D eigenvalue weighted by Crippen LogP contribution is 2.45. The van der Waals surface area contributed by atoms with Gasteiger partial charge in [-0.15, -0.1) is 0 Å². The van der Waals surface area contributed by atoms with Gasteiger partial charge in [-0.3, -0.25) is 14.9 Å². The SMILES string of the molecule is CCNC(=O)CC1=CSC2=NC(CC)=C(C(=O)OC)C(c3cccc([N+](=O)[O-])c3)N12. The Morgan fingerprint density at radius 3 is 2.77 bits per heavy atom. The maximum absolute atomic E-state index is 12.7. The molecule has 30 heavy (non-hydrogen) atoms. The molecular formula is C20H22N4O5S. The minimum atomic E-state index is -0.685. The van der Waals surface area contributed by atoms with Crippen LogP contribution in [0.4, 0.5) is 5.69 Å². The van der Waals surface area contributed by atoms with Gasteiger partial charge in [-0.2, -0.15) is 0 Å². The molecule has 0 bridgehead atoms. The van der Waals surface area contributed by atoms with Crippen LogP contribution in [0.2, 0.25) is 0 Å². The summed E-state index contributed by atoms with van der Waals surface area (Å²) in [5, 5.41) is 16.5. The number of non-ortho nitro benzene ring substituents is 1. The molecule has 1 amide bonds. The van der Waals surface area contributed by atoms with Gasteiger partial charge < -0.3 is 15.0 Å². The average Bonchev–Trinajstić information content (AvgIpc) is 3.14. The number of hydrogen-bond donors (Lipinski definition) is 1. The normalized spacial score (nSPS) is 17.8. The average molecular weight is 430 g/mol. The van der Waals surface area contributed by atoms with Gasteiger partial charge in [0, 0.05) is 24.4 Å². The molecule has 1 aromatic rings. The number of rotatable bonds is 7. The summed E-state index contributed by atoms with van der Waals surface area (Å²) in [7, 11) is 1.29. The van der Waals surface area contributed by atoms with Crippen LogP contribution in [0.25, 0.3) is 0 Å². The topological polar surface area (TPSA) is 114 Å². The van der Waals surface area contributed by atoms with E-state index in [9.17, 15) is 19.7 Å². The molecule has 9 nitrogen and oxygen atoms in total. The first-order valence-corrected chi connectivity index (χ1v) is 10.3. The number of benzene rings is 1. The number of fused-ring (bicyclic) bond motifs is 1.